The minimum atomic E-state index is -4.60. The zero-order valence-electron chi connectivity index (χ0n) is 23.2. The number of nitrogens with zero attached hydrogens (tertiary/aromatic N) is 5. The molecule has 0 unspecified atom stereocenters. The van der Waals surface area contributed by atoms with E-state index in [0.717, 1.165) is 45.4 Å². The highest BCUT2D eigenvalue weighted by atomic mass is 32.2. The van der Waals surface area contributed by atoms with Gasteiger partial charge in [-0.2, -0.15) is 8.42 Å². The Hall–Kier alpha value is -4.15. The monoisotopic (exact) mass is 568 g/mol. The molecule has 1 saturated heterocycles. The lowest BCUT2D eigenvalue weighted by molar-refractivity contribution is 0.367. The molecule has 0 amide bonds. The molecule has 0 bridgehead atoms. The molecule has 0 saturated carbocycles. The van der Waals surface area contributed by atoms with Crippen molar-refractivity contribution in [1.82, 2.24) is 19.5 Å². The Labute approximate surface area is 239 Å². The van der Waals surface area contributed by atoms with Crippen LogP contribution in [0.2, 0.25) is 0 Å². The van der Waals surface area contributed by atoms with Gasteiger partial charge in [-0.3, -0.25) is 4.55 Å². The topological polar surface area (TPSA) is 107 Å². The third-order valence-corrected chi connectivity index (χ3v) is 9.75. The average Bonchev–Trinajstić information content (AvgIpc) is 3.69. The van der Waals surface area contributed by atoms with Gasteiger partial charge in [0.05, 0.1) is 17.7 Å². The molecule has 2 atom stereocenters. The molecule has 3 aromatic heterocycles. The van der Waals surface area contributed by atoms with E-state index in [2.05, 4.69) is 50.9 Å². The summed E-state index contributed by atoms with van der Waals surface area (Å²) in [7, 11) is -0.658. The molecule has 7 rings (SSSR count). The number of rotatable bonds is 5. The van der Waals surface area contributed by atoms with Gasteiger partial charge in [-0.25, -0.2) is 9.97 Å². The zero-order chi connectivity index (χ0) is 28.5. The molecule has 0 radical (unpaired) electrons. The molecule has 9 nitrogen and oxygen atoms in total. The standard InChI is InChI=1S/C31H32N6O3S/c1-19-10-13-37(17-28(19)36(3)27-9-12-33-31-22(27)8-11-32-31)29-24-14-20-6-4-5-7-21(20)23(24)15-25(30(29)41(38,39)40)26-16-35(2)18-34-26/h4-9,11-12,15-16,18-19,28H,10,13-14,17H2,1-3H3,(H,32,33)(H,38,39,40)/t19-,28+/m1/s1. The lowest BCUT2D eigenvalue weighted by Gasteiger charge is -2.44. The van der Waals surface area contributed by atoms with Gasteiger partial charge in [0.25, 0.3) is 10.1 Å². The van der Waals surface area contributed by atoms with Crippen LogP contribution in [0.4, 0.5) is 11.4 Å². The molecule has 1 aliphatic carbocycles. The number of aromatic nitrogens is 4. The zero-order valence-corrected chi connectivity index (χ0v) is 24.1. The maximum absolute atomic E-state index is 13.3. The minimum absolute atomic E-state index is 0.0596. The van der Waals surface area contributed by atoms with Gasteiger partial charge in [0.2, 0.25) is 0 Å². The van der Waals surface area contributed by atoms with Crippen molar-refractivity contribution < 1.29 is 13.0 Å². The second kappa shape index (κ2) is 9.46. The van der Waals surface area contributed by atoms with E-state index in [0.29, 0.717) is 42.4 Å². The molecule has 1 fully saturated rings. The second-order valence-electron chi connectivity index (χ2n) is 11.3. The molecule has 1 aliphatic heterocycles. The Morgan fingerprint density at radius 1 is 1.10 bits per heavy atom. The van der Waals surface area contributed by atoms with E-state index in [1.54, 1.807) is 17.1 Å². The van der Waals surface area contributed by atoms with Gasteiger partial charge in [-0.05, 0) is 52.8 Å². The van der Waals surface area contributed by atoms with Crippen LogP contribution in [-0.4, -0.2) is 58.7 Å². The summed E-state index contributed by atoms with van der Waals surface area (Å²) in [6.45, 7) is 3.53. The summed E-state index contributed by atoms with van der Waals surface area (Å²) in [5, 5.41) is 1.05. The van der Waals surface area contributed by atoms with E-state index in [1.807, 2.05) is 49.8 Å². The fraction of sp³-hybridized carbons (Fsp3) is 0.290. The molecule has 0 spiro atoms. The van der Waals surface area contributed by atoms with Crippen molar-refractivity contribution >= 4 is 32.5 Å². The smallest absolute Gasteiger partial charge is 0.297 e. The van der Waals surface area contributed by atoms with Crippen LogP contribution in [-0.2, 0) is 23.6 Å². The molecule has 210 valence electrons. The van der Waals surface area contributed by atoms with Crippen molar-refractivity contribution in [3.8, 4) is 22.4 Å². The summed E-state index contributed by atoms with van der Waals surface area (Å²) in [4.78, 5) is 16.6. The Morgan fingerprint density at radius 3 is 2.71 bits per heavy atom. The summed E-state index contributed by atoms with van der Waals surface area (Å²) in [5.41, 5.74) is 7.61. The number of aromatic amines is 1. The number of aryl methyl sites for hydroxylation is 1. The van der Waals surface area contributed by atoms with Gasteiger partial charge in [-0.15, -0.1) is 0 Å². The van der Waals surface area contributed by atoms with Gasteiger partial charge in [-0.1, -0.05) is 31.2 Å². The van der Waals surface area contributed by atoms with Crippen molar-refractivity contribution in [3.63, 3.8) is 0 Å². The number of likely N-dealkylation sites (N-methyl/N-ethyl adjacent to an activating group) is 1. The summed E-state index contributed by atoms with van der Waals surface area (Å²) in [6.07, 6.45) is 8.62. The third kappa shape index (κ3) is 4.20. The normalized spacial score (nSPS) is 18.5. The number of anilines is 2. The minimum Gasteiger partial charge on any atom is -0.369 e. The quantitative estimate of drug-likeness (QED) is 0.278. The third-order valence-electron chi connectivity index (χ3n) is 8.82. The predicted molar refractivity (Wildman–Crippen MR) is 161 cm³/mol. The largest absolute Gasteiger partial charge is 0.369 e. The number of benzene rings is 2. The maximum atomic E-state index is 13.3. The number of hydrogen-bond acceptors (Lipinski definition) is 6. The van der Waals surface area contributed by atoms with Gasteiger partial charge >= 0.3 is 0 Å². The van der Waals surface area contributed by atoms with E-state index >= 15 is 0 Å². The molecule has 2 aliphatic rings. The fourth-order valence-electron chi connectivity index (χ4n) is 6.76. The van der Waals surface area contributed by atoms with Crippen molar-refractivity contribution in [3.05, 3.63) is 78.5 Å². The first-order valence-electron chi connectivity index (χ1n) is 13.8. The first-order chi connectivity index (χ1) is 19.7. The average molecular weight is 569 g/mol. The van der Waals surface area contributed by atoms with Gasteiger partial charge in [0, 0.05) is 74.9 Å². The first kappa shape index (κ1) is 25.8. The molecular formula is C31H32N6O3S. The van der Waals surface area contributed by atoms with E-state index < -0.39 is 10.1 Å². The Balaban J connectivity index is 1.40. The summed E-state index contributed by atoms with van der Waals surface area (Å²) in [5.74, 6) is 0.358. The SMILES string of the molecule is C[C@@H]1CCN(c2c3c(cc(-c4cn(C)cn4)c2S(=O)(=O)O)-c2ccccc2C3)C[C@@H]1N(C)c1ccnc2[nH]ccc12. The van der Waals surface area contributed by atoms with Crippen LogP contribution in [0.5, 0.6) is 0 Å². The van der Waals surface area contributed by atoms with Gasteiger partial charge in [0.1, 0.15) is 10.5 Å². The van der Waals surface area contributed by atoms with Gasteiger partial charge < -0.3 is 19.4 Å². The van der Waals surface area contributed by atoms with Crippen LogP contribution in [0, 0.1) is 5.92 Å². The van der Waals surface area contributed by atoms with Crippen molar-refractivity contribution in [2.75, 3.05) is 29.9 Å². The second-order valence-corrected chi connectivity index (χ2v) is 12.7. The van der Waals surface area contributed by atoms with Crippen LogP contribution in [0.3, 0.4) is 0 Å². The van der Waals surface area contributed by atoms with E-state index in [9.17, 15) is 13.0 Å². The molecule has 41 heavy (non-hydrogen) atoms. The van der Waals surface area contributed by atoms with Crippen LogP contribution in [0.25, 0.3) is 33.4 Å². The predicted octanol–water partition coefficient (Wildman–Crippen LogP) is 5.13. The number of fused-ring (bicyclic) bond motifs is 4. The fourth-order valence-corrected chi connectivity index (χ4v) is 7.70. The number of pyridine rings is 1. The van der Waals surface area contributed by atoms with Crippen LogP contribution >= 0.6 is 0 Å². The Morgan fingerprint density at radius 2 is 1.93 bits per heavy atom. The molecule has 10 heteroatoms. The number of nitrogens with one attached hydrogen (secondary N) is 1. The van der Waals surface area contributed by atoms with Crippen molar-refractivity contribution in [2.45, 2.75) is 30.7 Å². The Kier molecular flexibility index (Phi) is 5.95. The number of piperidine rings is 1. The number of hydrogen-bond donors (Lipinski definition) is 2. The molecule has 4 heterocycles. The lowest BCUT2D eigenvalue weighted by atomic mass is 9.90. The lowest BCUT2D eigenvalue weighted by Crippen LogP contribution is -2.51. The highest BCUT2D eigenvalue weighted by Crippen LogP contribution is 2.49. The highest BCUT2D eigenvalue weighted by Gasteiger charge is 2.38. The van der Waals surface area contributed by atoms with Gasteiger partial charge in [0.15, 0.2) is 0 Å². The van der Waals surface area contributed by atoms with E-state index in [-0.39, 0.29) is 10.9 Å². The summed E-state index contributed by atoms with van der Waals surface area (Å²) >= 11 is 0. The summed E-state index contributed by atoms with van der Waals surface area (Å²) in [6, 6.07) is 14.3. The Bertz CT molecular complexity index is 1910. The molecule has 2 aromatic carbocycles. The molecule has 2 N–H and O–H groups in total. The first-order valence-corrected chi connectivity index (χ1v) is 15.3. The van der Waals surface area contributed by atoms with Crippen LogP contribution in [0.15, 0.2) is 72.3 Å². The van der Waals surface area contributed by atoms with E-state index in [1.165, 1.54) is 0 Å². The van der Waals surface area contributed by atoms with Crippen molar-refractivity contribution in [2.24, 2.45) is 13.0 Å². The van der Waals surface area contributed by atoms with Crippen LogP contribution < -0.4 is 9.80 Å². The van der Waals surface area contributed by atoms with Crippen molar-refractivity contribution in [1.29, 1.82) is 0 Å². The maximum Gasteiger partial charge on any atom is 0.297 e. The highest BCUT2D eigenvalue weighted by molar-refractivity contribution is 7.86. The number of H-pyrrole nitrogens is 1. The van der Waals surface area contributed by atoms with E-state index in [4.69, 9.17) is 0 Å². The van der Waals surface area contributed by atoms with Crippen LogP contribution in [0.1, 0.15) is 24.5 Å². The number of imidazole rings is 1. The molecule has 5 aromatic rings. The summed E-state index contributed by atoms with van der Waals surface area (Å²) < 4.78 is 39.1. The molecular weight excluding hydrogens is 536 g/mol.